The molecule has 3 nitrogen and oxygen atoms in total. The number of benzene rings is 2. The number of carbonyl (C=O) groups excluding carboxylic acids is 1. The molecule has 0 atom stereocenters. The first-order valence-corrected chi connectivity index (χ1v) is 8.63. The monoisotopic (exact) mass is 337 g/mol. The van der Waals surface area contributed by atoms with Gasteiger partial charge in [0.15, 0.2) is 0 Å². The number of hydrogen-bond acceptors (Lipinski definition) is 2. The second-order valence-corrected chi connectivity index (χ2v) is 7.03. The van der Waals surface area contributed by atoms with Gasteiger partial charge in [0.1, 0.15) is 0 Å². The third-order valence-corrected chi connectivity index (χ3v) is 3.86. The summed E-state index contributed by atoms with van der Waals surface area (Å²) in [5, 5.41) is 2.82. The summed E-state index contributed by atoms with van der Waals surface area (Å²) < 4.78 is 5.54. The van der Waals surface area contributed by atoms with Crippen molar-refractivity contribution in [3.05, 3.63) is 77.4 Å². The van der Waals surface area contributed by atoms with Crippen LogP contribution in [-0.4, -0.2) is 19.1 Å². The van der Waals surface area contributed by atoms with Crippen LogP contribution in [0, 0.1) is 0 Å². The lowest BCUT2D eigenvalue weighted by Gasteiger charge is -2.18. The Kier molecular flexibility index (Phi) is 6.96. The maximum absolute atomic E-state index is 11.8. The number of rotatable bonds is 7. The van der Waals surface area contributed by atoms with Crippen LogP contribution in [0.5, 0.6) is 0 Å². The zero-order valence-electron chi connectivity index (χ0n) is 15.3. The van der Waals surface area contributed by atoms with Crippen LogP contribution in [0.15, 0.2) is 60.7 Å². The van der Waals surface area contributed by atoms with Gasteiger partial charge in [0, 0.05) is 12.6 Å². The van der Waals surface area contributed by atoms with Crippen LogP contribution < -0.4 is 5.32 Å². The second kappa shape index (κ2) is 9.19. The van der Waals surface area contributed by atoms with Crippen LogP contribution in [0.4, 0.5) is 0 Å². The summed E-state index contributed by atoms with van der Waals surface area (Å²) >= 11 is 0. The van der Waals surface area contributed by atoms with Gasteiger partial charge < -0.3 is 10.1 Å². The Morgan fingerprint density at radius 1 is 1.04 bits per heavy atom. The predicted octanol–water partition coefficient (Wildman–Crippen LogP) is 4.33. The average molecular weight is 337 g/mol. The van der Waals surface area contributed by atoms with Gasteiger partial charge in [-0.05, 0) is 28.2 Å². The maximum Gasteiger partial charge on any atom is 0.244 e. The van der Waals surface area contributed by atoms with Crippen LogP contribution in [-0.2, 0) is 21.6 Å². The third-order valence-electron chi connectivity index (χ3n) is 3.86. The van der Waals surface area contributed by atoms with E-state index in [9.17, 15) is 4.79 Å². The standard InChI is InChI=1S/C22H27NO2/c1-22(2,3)20-12-9-18(10-13-20)11-14-21(24)23-15-16-25-17-19-7-5-4-6-8-19/h4-14H,15-17H2,1-3H3,(H,23,24)/b14-11+. The first-order chi connectivity index (χ1) is 11.9. The highest BCUT2D eigenvalue weighted by Crippen LogP contribution is 2.22. The fraction of sp³-hybridized carbons (Fsp3) is 0.318. The third kappa shape index (κ3) is 6.94. The highest BCUT2D eigenvalue weighted by atomic mass is 16.5. The summed E-state index contributed by atoms with van der Waals surface area (Å²) in [6.45, 7) is 8.11. The zero-order chi connectivity index (χ0) is 18.1. The molecule has 0 bridgehead atoms. The summed E-state index contributed by atoms with van der Waals surface area (Å²) in [5.74, 6) is -0.108. The van der Waals surface area contributed by atoms with E-state index in [1.54, 1.807) is 6.08 Å². The molecular formula is C22H27NO2. The Bertz CT molecular complexity index is 682. The predicted molar refractivity (Wildman–Crippen MR) is 103 cm³/mol. The van der Waals surface area contributed by atoms with E-state index in [-0.39, 0.29) is 11.3 Å². The summed E-state index contributed by atoms with van der Waals surface area (Å²) in [4.78, 5) is 11.8. The molecular weight excluding hydrogens is 310 g/mol. The van der Waals surface area contributed by atoms with E-state index in [4.69, 9.17) is 4.74 Å². The van der Waals surface area contributed by atoms with Gasteiger partial charge in [0.2, 0.25) is 5.91 Å². The summed E-state index contributed by atoms with van der Waals surface area (Å²) in [6, 6.07) is 18.3. The topological polar surface area (TPSA) is 38.3 Å². The van der Waals surface area contributed by atoms with Gasteiger partial charge in [-0.2, -0.15) is 0 Å². The summed E-state index contributed by atoms with van der Waals surface area (Å²) in [5.41, 5.74) is 3.57. The molecule has 25 heavy (non-hydrogen) atoms. The van der Waals surface area contributed by atoms with Crippen LogP contribution in [0.1, 0.15) is 37.5 Å². The molecule has 2 aromatic carbocycles. The fourth-order valence-electron chi connectivity index (χ4n) is 2.34. The highest BCUT2D eigenvalue weighted by Gasteiger charge is 2.12. The molecule has 0 radical (unpaired) electrons. The molecule has 1 amide bonds. The Morgan fingerprint density at radius 3 is 2.36 bits per heavy atom. The highest BCUT2D eigenvalue weighted by molar-refractivity contribution is 5.91. The molecule has 1 N–H and O–H groups in total. The van der Waals surface area contributed by atoms with Gasteiger partial charge in [-0.25, -0.2) is 0 Å². The Balaban J connectivity index is 1.68. The number of ether oxygens (including phenoxy) is 1. The van der Waals surface area contributed by atoms with Gasteiger partial charge in [-0.1, -0.05) is 75.4 Å². The van der Waals surface area contributed by atoms with E-state index in [0.717, 1.165) is 11.1 Å². The van der Waals surface area contributed by atoms with Crippen LogP contribution >= 0.6 is 0 Å². The normalized spacial score (nSPS) is 11.6. The van der Waals surface area contributed by atoms with Crippen molar-refractivity contribution in [3.8, 4) is 0 Å². The van der Waals surface area contributed by atoms with Gasteiger partial charge in [-0.3, -0.25) is 4.79 Å². The smallest absolute Gasteiger partial charge is 0.244 e. The molecule has 0 spiro atoms. The minimum absolute atomic E-state index is 0.108. The molecule has 0 aliphatic rings. The summed E-state index contributed by atoms with van der Waals surface area (Å²) in [7, 11) is 0. The Morgan fingerprint density at radius 2 is 1.72 bits per heavy atom. The molecule has 0 fully saturated rings. The van der Waals surface area contributed by atoms with E-state index in [1.165, 1.54) is 5.56 Å². The van der Waals surface area contributed by atoms with Crippen molar-refractivity contribution in [2.45, 2.75) is 32.8 Å². The summed E-state index contributed by atoms with van der Waals surface area (Å²) in [6.07, 6.45) is 3.38. The Hall–Kier alpha value is -2.39. The number of nitrogens with one attached hydrogen (secondary N) is 1. The van der Waals surface area contributed by atoms with Crippen molar-refractivity contribution in [1.82, 2.24) is 5.32 Å². The number of hydrogen-bond donors (Lipinski definition) is 1. The lowest BCUT2D eigenvalue weighted by Crippen LogP contribution is -2.25. The number of carbonyl (C=O) groups is 1. The molecule has 2 aromatic rings. The first-order valence-electron chi connectivity index (χ1n) is 8.63. The molecule has 0 saturated heterocycles. The van der Waals surface area contributed by atoms with Crippen LogP contribution in [0.25, 0.3) is 6.08 Å². The van der Waals surface area contributed by atoms with E-state index >= 15 is 0 Å². The molecule has 0 aromatic heterocycles. The molecule has 132 valence electrons. The fourth-order valence-corrected chi connectivity index (χ4v) is 2.34. The lowest BCUT2D eigenvalue weighted by atomic mass is 9.87. The van der Waals surface area contributed by atoms with Gasteiger partial charge in [0.05, 0.1) is 13.2 Å². The van der Waals surface area contributed by atoms with E-state index in [1.807, 2.05) is 48.5 Å². The molecule has 3 heteroatoms. The van der Waals surface area contributed by atoms with Crippen LogP contribution in [0.3, 0.4) is 0 Å². The minimum atomic E-state index is -0.108. The minimum Gasteiger partial charge on any atom is -0.375 e. The van der Waals surface area contributed by atoms with E-state index in [0.29, 0.717) is 19.8 Å². The molecule has 0 heterocycles. The second-order valence-electron chi connectivity index (χ2n) is 7.03. The van der Waals surface area contributed by atoms with Gasteiger partial charge >= 0.3 is 0 Å². The van der Waals surface area contributed by atoms with Gasteiger partial charge in [-0.15, -0.1) is 0 Å². The first kappa shape index (κ1) is 18.9. The molecule has 0 saturated carbocycles. The maximum atomic E-state index is 11.8. The molecule has 0 aliphatic carbocycles. The van der Waals surface area contributed by atoms with Crippen LogP contribution in [0.2, 0.25) is 0 Å². The Labute approximate surface area is 150 Å². The lowest BCUT2D eigenvalue weighted by molar-refractivity contribution is -0.116. The van der Waals surface area contributed by atoms with E-state index in [2.05, 4.69) is 38.2 Å². The quantitative estimate of drug-likeness (QED) is 0.603. The largest absolute Gasteiger partial charge is 0.375 e. The average Bonchev–Trinajstić information content (AvgIpc) is 2.60. The molecule has 0 aliphatic heterocycles. The zero-order valence-corrected chi connectivity index (χ0v) is 15.3. The van der Waals surface area contributed by atoms with E-state index < -0.39 is 0 Å². The molecule has 2 rings (SSSR count). The van der Waals surface area contributed by atoms with Crippen molar-refractivity contribution < 1.29 is 9.53 Å². The van der Waals surface area contributed by atoms with Crippen molar-refractivity contribution >= 4 is 12.0 Å². The van der Waals surface area contributed by atoms with Crippen molar-refractivity contribution in [2.24, 2.45) is 0 Å². The van der Waals surface area contributed by atoms with Crippen molar-refractivity contribution in [3.63, 3.8) is 0 Å². The molecule has 0 unspecified atom stereocenters. The van der Waals surface area contributed by atoms with Gasteiger partial charge in [0.25, 0.3) is 0 Å². The van der Waals surface area contributed by atoms with Crippen molar-refractivity contribution in [1.29, 1.82) is 0 Å². The number of amides is 1. The SMILES string of the molecule is CC(C)(C)c1ccc(/C=C/C(=O)NCCOCc2ccccc2)cc1. The van der Waals surface area contributed by atoms with Crippen molar-refractivity contribution in [2.75, 3.05) is 13.2 Å².